The third-order valence-corrected chi connectivity index (χ3v) is 5.21. The van der Waals surface area contributed by atoms with Crippen LogP contribution in [0.2, 0.25) is 5.02 Å². The molecule has 4 nitrogen and oxygen atoms in total. The van der Waals surface area contributed by atoms with E-state index in [9.17, 15) is 0 Å². The molecule has 0 radical (unpaired) electrons. The van der Waals surface area contributed by atoms with E-state index in [4.69, 9.17) is 16.0 Å². The average Bonchev–Trinajstić information content (AvgIpc) is 3.30. The minimum absolute atomic E-state index is 0.438. The van der Waals surface area contributed by atoms with Crippen LogP contribution in [0.4, 0.5) is 5.69 Å². The van der Waals surface area contributed by atoms with Crippen molar-refractivity contribution >= 4 is 28.1 Å². The van der Waals surface area contributed by atoms with E-state index in [-0.39, 0.29) is 0 Å². The summed E-state index contributed by atoms with van der Waals surface area (Å²) in [5.74, 6) is 0.969. The predicted molar refractivity (Wildman–Crippen MR) is 103 cm³/mol. The Labute approximate surface area is 155 Å². The van der Waals surface area contributed by atoms with Crippen LogP contribution >= 0.6 is 11.6 Å². The van der Waals surface area contributed by atoms with Gasteiger partial charge in [-0.1, -0.05) is 48.0 Å². The summed E-state index contributed by atoms with van der Waals surface area (Å²) in [6.45, 7) is 0.468. The molecule has 3 aromatic carbocycles. The van der Waals surface area contributed by atoms with Crippen LogP contribution in [-0.4, -0.2) is 10.2 Å². The Morgan fingerprint density at radius 3 is 2.65 bits per heavy atom. The summed E-state index contributed by atoms with van der Waals surface area (Å²) in [5, 5.41) is 14.9. The van der Waals surface area contributed by atoms with Crippen LogP contribution in [0.25, 0.3) is 22.2 Å². The van der Waals surface area contributed by atoms with E-state index < -0.39 is 0 Å². The minimum atomic E-state index is 0.438. The van der Waals surface area contributed by atoms with Gasteiger partial charge in [0.05, 0.1) is 17.1 Å². The SMILES string of the molecule is Clc1ccccc1-c1nnc(CNc2ccc3c4c(cccc24)CC3)o1. The first-order valence-corrected chi connectivity index (χ1v) is 9.02. The molecule has 1 aliphatic carbocycles. The second-order valence-corrected chi connectivity index (χ2v) is 6.85. The van der Waals surface area contributed by atoms with Crippen molar-refractivity contribution in [3.63, 3.8) is 0 Å². The largest absolute Gasteiger partial charge is 0.419 e. The standard InChI is InChI=1S/C21H16ClN3O/c22-17-7-2-1-5-15(17)21-25-24-19(26-21)12-23-18-11-10-14-9-8-13-4-3-6-16(18)20(13)14/h1-7,10-11,23H,8-9,12H2. The molecule has 0 saturated heterocycles. The summed E-state index contributed by atoms with van der Waals surface area (Å²) >= 11 is 6.20. The molecule has 0 spiro atoms. The van der Waals surface area contributed by atoms with Crippen molar-refractivity contribution in [1.29, 1.82) is 0 Å². The van der Waals surface area contributed by atoms with Crippen molar-refractivity contribution in [2.75, 3.05) is 5.32 Å². The fourth-order valence-corrected chi connectivity index (χ4v) is 3.86. The van der Waals surface area contributed by atoms with Gasteiger partial charge < -0.3 is 9.73 Å². The summed E-state index contributed by atoms with van der Waals surface area (Å²) in [6, 6.07) is 18.3. The van der Waals surface area contributed by atoms with Gasteiger partial charge >= 0.3 is 0 Å². The van der Waals surface area contributed by atoms with Crippen molar-refractivity contribution in [2.45, 2.75) is 19.4 Å². The Hall–Kier alpha value is -2.85. The van der Waals surface area contributed by atoms with E-state index in [0.717, 1.165) is 24.1 Å². The van der Waals surface area contributed by atoms with E-state index in [1.807, 2.05) is 24.3 Å². The maximum absolute atomic E-state index is 6.20. The minimum Gasteiger partial charge on any atom is -0.419 e. The third kappa shape index (κ3) is 2.54. The lowest BCUT2D eigenvalue weighted by Gasteiger charge is -2.10. The summed E-state index contributed by atoms with van der Waals surface area (Å²) in [4.78, 5) is 0. The van der Waals surface area contributed by atoms with E-state index >= 15 is 0 Å². The zero-order valence-electron chi connectivity index (χ0n) is 14.0. The number of aryl methyl sites for hydroxylation is 2. The van der Waals surface area contributed by atoms with Crippen LogP contribution in [0.3, 0.4) is 0 Å². The van der Waals surface area contributed by atoms with Crippen LogP contribution in [-0.2, 0) is 19.4 Å². The molecular weight excluding hydrogens is 346 g/mol. The fraction of sp³-hybridized carbons (Fsp3) is 0.143. The summed E-state index contributed by atoms with van der Waals surface area (Å²) in [5.41, 5.74) is 4.70. The van der Waals surface area contributed by atoms with Gasteiger partial charge in [-0.05, 0) is 47.6 Å². The number of benzene rings is 3. The number of hydrogen-bond acceptors (Lipinski definition) is 4. The highest BCUT2D eigenvalue weighted by Gasteiger charge is 2.16. The smallest absolute Gasteiger partial charge is 0.249 e. The van der Waals surface area contributed by atoms with Crippen molar-refractivity contribution in [1.82, 2.24) is 10.2 Å². The number of nitrogens with zero attached hydrogens (tertiary/aromatic N) is 2. The molecular formula is C21H16ClN3O. The second kappa shape index (κ2) is 6.15. The molecule has 0 amide bonds. The predicted octanol–water partition coefficient (Wildman–Crippen LogP) is 5.25. The van der Waals surface area contributed by atoms with E-state index in [2.05, 4.69) is 45.8 Å². The molecule has 5 heteroatoms. The Morgan fingerprint density at radius 1 is 0.923 bits per heavy atom. The maximum Gasteiger partial charge on any atom is 0.249 e. The molecule has 1 N–H and O–H groups in total. The van der Waals surface area contributed by atoms with Crippen molar-refractivity contribution in [2.24, 2.45) is 0 Å². The van der Waals surface area contributed by atoms with Gasteiger partial charge in [-0.15, -0.1) is 10.2 Å². The molecule has 1 aromatic heterocycles. The number of rotatable bonds is 4. The highest BCUT2D eigenvalue weighted by Crippen LogP contribution is 2.35. The topological polar surface area (TPSA) is 51.0 Å². The lowest BCUT2D eigenvalue weighted by atomic mass is 10.0. The van der Waals surface area contributed by atoms with Crippen molar-refractivity contribution in [3.8, 4) is 11.5 Å². The van der Waals surface area contributed by atoms with Crippen LogP contribution < -0.4 is 5.32 Å². The first-order chi connectivity index (χ1) is 12.8. The summed E-state index contributed by atoms with van der Waals surface area (Å²) < 4.78 is 5.77. The van der Waals surface area contributed by atoms with Gasteiger partial charge in [-0.25, -0.2) is 0 Å². The summed E-state index contributed by atoms with van der Waals surface area (Å²) in [6.07, 6.45) is 2.25. The third-order valence-electron chi connectivity index (χ3n) is 4.88. The van der Waals surface area contributed by atoms with Gasteiger partial charge in [-0.3, -0.25) is 0 Å². The van der Waals surface area contributed by atoms with Gasteiger partial charge in [0.1, 0.15) is 0 Å². The zero-order chi connectivity index (χ0) is 17.5. The van der Waals surface area contributed by atoms with Gasteiger partial charge in [-0.2, -0.15) is 0 Å². The van der Waals surface area contributed by atoms with E-state index in [0.29, 0.717) is 23.3 Å². The first-order valence-electron chi connectivity index (χ1n) is 8.64. The normalized spacial score (nSPS) is 12.7. The van der Waals surface area contributed by atoms with E-state index in [1.165, 1.54) is 21.9 Å². The van der Waals surface area contributed by atoms with Crippen molar-refractivity contribution in [3.05, 3.63) is 76.6 Å². The Kier molecular flexibility index (Phi) is 3.64. The highest BCUT2D eigenvalue weighted by atomic mass is 35.5. The Bertz CT molecular complexity index is 1110. The molecule has 1 aliphatic rings. The number of nitrogens with one attached hydrogen (secondary N) is 1. The first kappa shape index (κ1) is 15.4. The molecule has 1 heterocycles. The molecule has 0 fully saturated rings. The number of hydrogen-bond donors (Lipinski definition) is 1. The molecule has 0 bridgehead atoms. The van der Waals surface area contributed by atoms with Crippen LogP contribution in [0.5, 0.6) is 0 Å². The number of anilines is 1. The van der Waals surface area contributed by atoms with Gasteiger partial charge in [0.25, 0.3) is 0 Å². The molecule has 0 aliphatic heterocycles. The lowest BCUT2D eigenvalue weighted by molar-refractivity contribution is 0.515. The van der Waals surface area contributed by atoms with E-state index in [1.54, 1.807) is 0 Å². The molecule has 4 aromatic rings. The fourth-order valence-electron chi connectivity index (χ4n) is 3.64. The van der Waals surface area contributed by atoms with Gasteiger partial charge in [0.15, 0.2) is 0 Å². The number of halogens is 1. The molecule has 26 heavy (non-hydrogen) atoms. The van der Waals surface area contributed by atoms with Gasteiger partial charge in [0.2, 0.25) is 11.8 Å². The second-order valence-electron chi connectivity index (χ2n) is 6.45. The molecule has 0 saturated carbocycles. The quantitative estimate of drug-likeness (QED) is 0.539. The lowest BCUT2D eigenvalue weighted by Crippen LogP contribution is -2.00. The number of aromatic nitrogens is 2. The summed E-state index contributed by atoms with van der Waals surface area (Å²) in [7, 11) is 0. The van der Waals surface area contributed by atoms with Crippen molar-refractivity contribution < 1.29 is 4.42 Å². The monoisotopic (exact) mass is 361 g/mol. The average molecular weight is 362 g/mol. The zero-order valence-corrected chi connectivity index (χ0v) is 14.8. The Morgan fingerprint density at radius 2 is 1.77 bits per heavy atom. The van der Waals surface area contributed by atoms with Crippen LogP contribution in [0.15, 0.2) is 59.0 Å². The highest BCUT2D eigenvalue weighted by molar-refractivity contribution is 6.33. The Balaban J connectivity index is 1.41. The van der Waals surface area contributed by atoms with Gasteiger partial charge in [0, 0.05) is 11.1 Å². The molecule has 5 rings (SSSR count). The maximum atomic E-state index is 6.20. The van der Waals surface area contributed by atoms with Crippen LogP contribution in [0, 0.1) is 0 Å². The molecule has 128 valence electrons. The molecule has 0 atom stereocenters. The van der Waals surface area contributed by atoms with Crippen LogP contribution in [0.1, 0.15) is 17.0 Å². The molecule has 0 unspecified atom stereocenters.